The van der Waals surface area contributed by atoms with Crippen LogP contribution in [0, 0.1) is 0 Å². The molecule has 4 nitrogen and oxygen atoms in total. The summed E-state index contributed by atoms with van der Waals surface area (Å²) in [6.07, 6.45) is 0.676. The highest BCUT2D eigenvalue weighted by Crippen LogP contribution is 2.38. The van der Waals surface area contributed by atoms with E-state index in [1.807, 2.05) is 6.92 Å². The normalized spacial score (nSPS) is 13.3. The maximum Gasteiger partial charge on any atom is 0.231 e. The molecule has 1 aliphatic rings. The zero-order chi connectivity index (χ0) is 11.1. The van der Waals surface area contributed by atoms with Crippen molar-refractivity contribution in [3.05, 3.63) is 34.2 Å². The van der Waals surface area contributed by atoms with Gasteiger partial charge in [0.1, 0.15) is 5.76 Å². The SMILES string of the molecule is CCc1cc(=O)c2ccc3c(c2o1)OCO3. The van der Waals surface area contributed by atoms with Crippen LogP contribution in [-0.2, 0) is 6.42 Å². The van der Waals surface area contributed by atoms with Crippen LogP contribution in [0.1, 0.15) is 12.7 Å². The van der Waals surface area contributed by atoms with Gasteiger partial charge in [-0.2, -0.15) is 0 Å². The van der Waals surface area contributed by atoms with Gasteiger partial charge in [-0.25, -0.2) is 0 Å². The highest BCUT2D eigenvalue weighted by atomic mass is 16.7. The molecule has 0 unspecified atom stereocenters. The van der Waals surface area contributed by atoms with Crippen LogP contribution in [0.4, 0.5) is 0 Å². The van der Waals surface area contributed by atoms with Crippen molar-refractivity contribution in [2.45, 2.75) is 13.3 Å². The fraction of sp³-hybridized carbons (Fsp3) is 0.250. The molecule has 0 radical (unpaired) electrons. The molecule has 1 aromatic carbocycles. The van der Waals surface area contributed by atoms with Gasteiger partial charge < -0.3 is 13.9 Å². The summed E-state index contributed by atoms with van der Waals surface area (Å²) in [5, 5.41) is 0.529. The van der Waals surface area contributed by atoms with Crippen molar-refractivity contribution in [2.24, 2.45) is 0 Å². The van der Waals surface area contributed by atoms with Crippen molar-refractivity contribution >= 4 is 11.0 Å². The van der Waals surface area contributed by atoms with Gasteiger partial charge in [0.2, 0.25) is 12.5 Å². The van der Waals surface area contributed by atoms with Crippen LogP contribution < -0.4 is 14.9 Å². The predicted molar refractivity (Wildman–Crippen MR) is 58.0 cm³/mol. The topological polar surface area (TPSA) is 48.7 Å². The van der Waals surface area contributed by atoms with Gasteiger partial charge in [0, 0.05) is 12.5 Å². The van der Waals surface area contributed by atoms with Crippen LogP contribution in [0.3, 0.4) is 0 Å². The minimum absolute atomic E-state index is 0.0450. The van der Waals surface area contributed by atoms with Crippen molar-refractivity contribution in [3.63, 3.8) is 0 Å². The molecular weight excluding hydrogens is 208 g/mol. The average Bonchev–Trinajstić information content (AvgIpc) is 2.77. The fourth-order valence-electron chi connectivity index (χ4n) is 1.80. The van der Waals surface area contributed by atoms with Crippen LogP contribution in [0.25, 0.3) is 11.0 Å². The lowest BCUT2D eigenvalue weighted by Crippen LogP contribution is -2.01. The number of rotatable bonds is 1. The fourth-order valence-corrected chi connectivity index (χ4v) is 1.80. The van der Waals surface area contributed by atoms with E-state index in [2.05, 4.69) is 0 Å². The lowest BCUT2D eigenvalue weighted by molar-refractivity contribution is 0.174. The molecule has 4 heteroatoms. The van der Waals surface area contributed by atoms with E-state index in [1.165, 1.54) is 6.07 Å². The molecule has 0 saturated heterocycles. The monoisotopic (exact) mass is 218 g/mol. The van der Waals surface area contributed by atoms with Crippen molar-refractivity contribution in [3.8, 4) is 11.5 Å². The Morgan fingerprint density at radius 2 is 2.19 bits per heavy atom. The largest absolute Gasteiger partial charge is 0.457 e. The number of ether oxygens (including phenoxy) is 2. The first-order chi connectivity index (χ1) is 7.79. The highest BCUT2D eigenvalue weighted by Gasteiger charge is 2.20. The first kappa shape index (κ1) is 9.27. The summed E-state index contributed by atoms with van der Waals surface area (Å²) < 4.78 is 16.2. The third-order valence-corrected chi connectivity index (χ3v) is 2.63. The molecule has 0 atom stereocenters. The molecule has 0 amide bonds. The predicted octanol–water partition coefficient (Wildman–Crippen LogP) is 2.08. The Labute approximate surface area is 91.4 Å². The Balaban J connectivity index is 2.42. The Kier molecular flexibility index (Phi) is 1.89. The van der Waals surface area contributed by atoms with Gasteiger partial charge in [0.25, 0.3) is 0 Å². The van der Waals surface area contributed by atoms with Crippen LogP contribution in [0.5, 0.6) is 11.5 Å². The van der Waals surface area contributed by atoms with E-state index in [1.54, 1.807) is 12.1 Å². The minimum Gasteiger partial charge on any atom is -0.457 e. The van der Waals surface area contributed by atoms with Crippen molar-refractivity contribution in [1.29, 1.82) is 0 Å². The van der Waals surface area contributed by atoms with Gasteiger partial charge in [-0.05, 0) is 12.1 Å². The second-order valence-corrected chi connectivity index (χ2v) is 3.61. The molecule has 0 N–H and O–H groups in total. The summed E-state index contributed by atoms with van der Waals surface area (Å²) in [6.45, 7) is 2.11. The molecule has 2 heterocycles. The molecule has 0 saturated carbocycles. The van der Waals surface area contributed by atoms with E-state index in [0.29, 0.717) is 34.6 Å². The van der Waals surface area contributed by atoms with E-state index < -0.39 is 0 Å². The number of hydrogen-bond acceptors (Lipinski definition) is 4. The smallest absolute Gasteiger partial charge is 0.231 e. The van der Waals surface area contributed by atoms with Crippen LogP contribution in [0.2, 0.25) is 0 Å². The van der Waals surface area contributed by atoms with Gasteiger partial charge in [0.05, 0.1) is 5.39 Å². The third kappa shape index (κ3) is 1.19. The molecule has 1 aliphatic heterocycles. The number of fused-ring (bicyclic) bond motifs is 3. The molecule has 2 aromatic rings. The molecule has 0 aliphatic carbocycles. The van der Waals surface area contributed by atoms with Crippen LogP contribution in [-0.4, -0.2) is 6.79 Å². The molecule has 0 fully saturated rings. The molecule has 0 spiro atoms. The molecule has 82 valence electrons. The number of hydrogen-bond donors (Lipinski definition) is 0. The Hall–Kier alpha value is -1.97. The maximum absolute atomic E-state index is 11.8. The molecular formula is C12H10O4. The maximum atomic E-state index is 11.8. The van der Waals surface area contributed by atoms with Gasteiger partial charge in [-0.15, -0.1) is 0 Å². The first-order valence-corrected chi connectivity index (χ1v) is 5.15. The van der Waals surface area contributed by atoms with E-state index in [9.17, 15) is 4.79 Å². The van der Waals surface area contributed by atoms with Crippen molar-refractivity contribution < 1.29 is 13.9 Å². The molecule has 3 rings (SSSR count). The molecule has 0 bridgehead atoms. The standard InChI is InChI=1S/C12H10O4/c1-2-7-5-9(13)8-3-4-10-12(11(8)16-7)15-6-14-10/h3-5H,2,6H2,1H3. The minimum atomic E-state index is -0.0450. The third-order valence-electron chi connectivity index (χ3n) is 2.63. The lowest BCUT2D eigenvalue weighted by atomic mass is 10.2. The van der Waals surface area contributed by atoms with E-state index in [4.69, 9.17) is 13.9 Å². The summed E-state index contributed by atoms with van der Waals surface area (Å²) in [4.78, 5) is 11.8. The van der Waals surface area contributed by atoms with Gasteiger partial charge >= 0.3 is 0 Å². The van der Waals surface area contributed by atoms with Gasteiger partial charge in [-0.1, -0.05) is 6.92 Å². The first-order valence-electron chi connectivity index (χ1n) is 5.15. The number of benzene rings is 1. The Morgan fingerprint density at radius 3 is 3.00 bits per heavy atom. The summed E-state index contributed by atoms with van der Waals surface area (Å²) in [5.74, 6) is 1.82. The summed E-state index contributed by atoms with van der Waals surface area (Å²) in [7, 11) is 0. The van der Waals surface area contributed by atoms with Gasteiger partial charge in [-0.3, -0.25) is 4.79 Å². The summed E-state index contributed by atoms with van der Waals surface area (Å²) in [5.41, 5.74) is 0.441. The quantitative estimate of drug-likeness (QED) is 0.735. The summed E-state index contributed by atoms with van der Waals surface area (Å²) >= 11 is 0. The molecule has 1 aromatic heterocycles. The molecule has 16 heavy (non-hydrogen) atoms. The van der Waals surface area contributed by atoms with Crippen molar-refractivity contribution in [2.75, 3.05) is 6.79 Å². The van der Waals surface area contributed by atoms with Crippen LogP contribution >= 0.6 is 0 Å². The van der Waals surface area contributed by atoms with E-state index >= 15 is 0 Å². The van der Waals surface area contributed by atoms with E-state index in [-0.39, 0.29) is 12.2 Å². The second kappa shape index (κ2) is 3.27. The van der Waals surface area contributed by atoms with Crippen molar-refractivity contribution in [1.82, 2.24) is 0 Å². The highest BCUT2D eigenvalue weighted by molar-refractivity contribution is 5.85. The van der Waals surface area contributed by atoms with Gasteiger partial charge in [0.15, 0.2) is 16.8 Å². The lowest BCUT2D eigenvalue weighted by Gasteiger charge is -2.03. The zero-order valence-corrected chi connectivity index (χ0v) is 8.78. The second-order valence-electron chi connectivity index (χ2n) is 3.61. The average molecular weight is 218 g/mol. The number of aryl methyl sites for hydroxylation is 1. The Bertz CT molecular complexity index is 612. The van der Waals surface area contributed by atoms with Crippen LogP contribution in [0.15, 0.2) is 27.4 Å². The van der Waals surface area contributed by atoms with E-state index in [0.717, 1.165) is 0 Å². The summed E-state index contributed by atoms with van der Waals surface area (Å²) in [6, 6.07) is 4.95. The Morgan fingerprint density at radius 1 is 1.31 bits per heavy atom. The zero-order valence-electron chi connectivity index (χ0n) is 8.78.